The quantitative estimate of drug-likeness (QED) is 0.804. The van der Waals surface area contributed by atoms with Gasteiger partial charge in [0.1, 0.15) is 11.8 Å². The predicted octanol–water partition coefficient (Wildman–Crippen LogP) is 3.50. The van der Waals surface area contributed by atoms with Gasteiger partial charge in [-0.3, -0.25) is 4.79 Å². The highest BCUT2D eigenvalue weighted by atomic mass is 35.5. The van der Waals surface area contributed by atoms with Crippen LogP contribution in [-0.2, 0) is 0 Å². The lowest BCUT2D eigenvalue weighted by Crippen LogP contribution is -2.32. The Labute approximate surface area is 139 Å². The Balaban J connectivity index is 2.15. The van der Waals surface area contributed by atoms with Crippen LogP contribution in [0.4, 0.5) is 5.69 Å². The summed E-state index contributed by atoms with van der Waals surface area (Å²) in [6, 6.07) is 12.3. The van der Waals surface area contributed by atoms with Gasteiger partial charge >= 0.3 is 0 Å². The van der Waals surface area contributed by atoms with Gasteiger partial charge in [0, 0.05) is 25.2 Å². The van der Waals surface area contributed by atoms with Crippen molar-refractivity contribution in [3.8, 4) is 17.6 Å². The van der Waals surface area contributed by atoms with Crippen LogP contribution in [0.25, 0.3) is 0 Å². The summed E-state index contributed by atoms with van der Waals surface area (Å²) < 4.78 is 5.91. The molecule has 0 aromatic heterocycles. The van der Waals surface area contributed by atoms with Gasteiger partial charge < -0.3 is 15.0 Å². The highest BCUT2D eigenvalue weighted by Crippen LogP contribution is 2.35. The predicted molar refractivity (Wildman–Crippen MR) is 88.1 cm³/mol. The maximum Gasteiger partial charge on any atom is 0.257 e. The fourth-order valence-corrected chi connectivity index (χ4v) is 2.60. The van der Waals surface area contributed by atoms with E-state index >= 15 is 0 Å². The molecule has 0 fully saturated rings. The molecule has 0 unspecified atom stereocenters. The van der Waals surface area contributed by atoms with Gasteiger partial charge in [-0.1, -0.05) is 17.7 Å². The van der Waals surface area contributed by atoms with Gasteiger partial charge in [0.05, 0.1) is 16.8 Å². The SMILES string of the molecule is CN1CCNc2c(C#N)cccc2Oc2ccc(Cl)cc2C1=O. The van der Waals surface area contributed by atoms with Crippen LogP contribution in [0.2, 0.25) is 5.02 Å². The zero-order chi connectivity index (χ0) is 16.4. The first-order valence-electron chi connectivity index (χ1n) is 7.10. The van der Waals surface area contributed by atoms with Crippen LogP contribution in [0.1, 0.15) is 15.9 Å². The number of anilines is 1. The first-order valence-corrected chi connectivity index (χ1v) is 7.48. The summed E-state index contributed by atoms with van der Waals surface area (Å²) in [5.74, 6) is 0.750. The Kier molecular flexibility index (Phi) is 4.09. The summed E-state index contributed by atoms with van der Waals surface area (Å²) in [5, 5.41) is 12.9. The molecule has 0 saturated heterocycles. The molecule has 0 saturated carbocycles. The molecule has 1 heterocycles. The van der Waals surface area contributed by atoms with E-state index in [1.165, 1.54) is 0 Å². The third-order valence-electron chi connectivity index (χ3n) is 3.63. The Morgan fingerprint density at radius 2 is 2.13 bits per heavy atom. The smallest absolute Gasteiger partial charge is 0.257 e. The summed E-state index contributed by atoms with van der Waals surface area (Å²) in [7, 11) is 1.72. The van der Waals surface area contributed by atoms with E-state index in [9.17, 15) is 10.1 Å². The number of amides is 1. The molecule has 2 aromatic rings. The zero-order valence-corrected chi connectivity index (χ0v) is 13.2. The number of carbonyl (C=O) groups excluding carboxylic acids is 1. The van der Waals surface area contributed by atoms with Gasteiger partial charge in [0.2, 0.25) is 0 Å². The van der Waals surface area contributed by atoms with E-state index in [2.05, 4.69) is 11.4 Å². The highest BCUT2D eigenvalue weighted by molar-refractivity contribution is 6.31. The number of likely N-dealkylation sites (N-methyl/N-ethyl adjacent to an activating group) is 1. The van der Waals surface area contributed by atoms with Crippen molar-refractivity contribution in [2.75, 3.05) is 25.5 Å². The van der Waals surface area contributed by atoms with Gasteiger partial charge in [0.15, 0.2) is 5.75 Å². The average Bonchev–Trinajstić information content (AvgIpc) is 2.56. The molecule has 1 amide bonds. The fourth-order valence-electron chi connectivity index (χ4n) is 2.42. The molecule has 3 rings (SSSR count). The molecule has 0 aliphatic carbocycles. The van der Waals surface area contributed by atoms with Gasteiger partial charge in [-0.15, -0.1) is 0 Å². The van der Waals surface area contributed by atoms with E-state index in [1.54, 1.807) is 48.3 Å². The van der Waals surface area contributed by atoms with Gasteiger partial charge in [-0.25, -0.2) is 0 Å². The van der Waals surface area contributed by atoms with Crippen molar-refractivity contribution < 1.29 is 9.53 Å². The highest BCUT2D eigenvalue weighted by Gasteiger charge is 2.21. The van der Waals surface area contributed by atoms with Crippen LogP contribution in [-0.4, -0.2) is 30.9 Å². The topological polar surface area (TPSA) is 65.4 Å². The molecular formula is C17H14ClN3O2. The first-order chi connectivity index (χ1) is 11.1. The van der Waals surface area contributed by atoms with Crippen molar-refractivity contribution >= 4 is 23.2 Å². The van der Waals surface area contributed by atoms with Crippen LogP contribution in [0.5, 0.6) is 11.5 Å². The molecule has 2 aromatic carbocycles. The lowest BCUT2D eigenvalue weighted by atomic mass is 10.1. The largest absolute Gasteiger partial charge is 0.454 e. The van der Waals surface area contributed by atoms with E-state index in [0.29, 0.717) is 46.4 Å². The van der Waals surface area contributed by atoms with E-state index in [-0.39, 0.29) is 5.91 Å². The summed E-state index contributed by atoms with van der Waals surface area (Å²) in [4.78, 5) is 14.1. The molecule has 1 aliphatic rings. The van der Waals surface area contributed by atoms with Crippen molar-refractivity contribution in [2.45, 2.75) is 0 Å². The van der Waals surface area contributed by atoms with Crippen molar-refractivity contribution in [3.63, 3.8) is 0 Å². The van der Waals surface area contributed by atoms with Gasteiger partial charge in [-0.2, -0.15) is 5.26 Å². The minimum absolute atomic E-state index is 0.163. The second-order valence-corrected chi connectivity index (χ2v) is 5.62. The number of fused-ring (bicyclic) bond motifs is 2. The molecule has 0 atom stereocenters. The van der Waals surface area contributed by atoms with Crippen LogP contribution < -0.4 is 10.1 Å². The van der Waals surface area contributed by atoms with Crippen molar-refractivity contribution in [1.82, 2.24) is 4.90 Å². The number of hydrogen-bond donors (Lipinski definition) is 1. The lowest BCUT2D eigenvalue weighted by molar-refractivity contribution is 0.0797. The number of rotatable bonds is 0. The van der Waals surface area contributed by atoms with Crippen molar-refractivity contribution in [1.29, 1.82) is 5.26 Å². The normalized spacial score (nSPS) is 14.0. The number of nitrogens with zero attached hydrogens (tertiary/aromatic N) is 2. The van der Waals surface area contributed by atoms with Gasteiger partial charge in [-0.05, 0) is 30.3 Å². The van der Waals surface area contributed by atoms with Crippen LogP contribution in [0, 0.1) is 11.3 Å². The van der Waals surface area contributed by atoms with E-state index in [1.807, 2.05) is 0 Å². The monoisotopic (exact) mass is 327 g/mol. The average molecular weight is 328 g/mol. The second kappa shape index (κ2) is 6.19. The summed E-state index contributed by atoms with van der Waals surface area (Å²) >= 11 is 6.02. The van der Waals surface area contributed by atoms with Crippen LogP contribution in [0.15, 0.2) is 36.4 Å². The Morgan fingerprint density at radius 3 is 2.91 bits per heavy atom. The van der Waals surface area contributed by atoms with E-state index in [4.69, 9.17) is 16.3 Å². The third-order valence-corrected chi connectivity index (χ3v) is 3.87. The molecule has 1 aliphatic heterocycles. The second-order valence-electron chi connectivity index (χ2n) is 5.19. The number of ether oxygens (including phenoxy) is 1. The molecule has 0 bridgehead atoms. The number of nitriles is 1. The fraction of sp³-hybridized carbons (Fsp3) is 0.176. The third kappa shape index (κ3) is 2.94. The Hall–Kier alpha value is -2.71. The Morgan fingerprint density at radius 1 is 1.30 bits per heavy atom. The number of para-hydroxylation sites is 1. The van der Waals surface area contributed by atoms with Crippen molar-refractivity contribution in [2.24, 2.45) is 0 Å². The van der Waals surface area contributed by atoms with Crippen LogP contribution >= 0.6 is 11.6 Å². The number of hydrogen-bond acceptors (Lipinski definition) is 4. The number of carbonyl (C=O) groups is 1. The number of halogens is 1. The van der Waals surface area contributed by atoms with Gasteiger partial charge in [0.25, 0.3) is 5.91 Å². The molecular weight excluding hydrogens is 314 g/mol. The molecule has 23 heavy (non-hydrogen) atoms. The zero-order valence-electron chi connectivity index (χ0n) is 12.5. The Bertz CT molecular complexity index is 814. The van der Waals surface area contributed by atoms with E-state index in [0.717, 1.165) is 0 Å². The standard InChI is InChI=1S/C17H14ClN3O2/c1-21-8-7-20-16-11(10-19)3-2-4-15(16)23-14-6-5-12(18)9-13(14)17(21)22/h2-6,9,20H,7-8H2,1H3. The maximum absolute atomic E-state index is 12.5. The first kappa shape index (κ1) is 15.2. The molecule has 5 nitrogen and oxygen atoms in total. The number of nitrogens with one attached hydrogen (secondary N) is 1. The number of benzene rings is 2. The molecule has 1 N–H and O–H groups in total. The minimum Gasteiger partial charge on any atom is -0.454 e. The molecule has 116 valence electrons. The summed E-state index contributed by atoms with van der Waals surface area (Å²) in [6.45, 7) is 0.997. The van der Waals surface area contributed by atoms with Crippen molar-refractivity contribution in [3.05, 3.63) is 52.5 Å². The lowest BCUT2D eigenvalue weighted by Gasteiger charge is -2.23. The van der Waals surface area contributed by atoms with E-state index < -0.39 is 0 Å². The summed E-state index contributed by atoms with van der Waals surface area (Å²) in [6.07, 6.45) is 0. The minimum atomic E-state index is -0.163. The molecule has 0 spiro atoms. The summed E-state index contributed by atoms with van der Waals surface area (Å²) in [5.41, 5.74) is 1.52. The molecule has 6 heteroatoms. The maximum atomic E-state index is 12.5. The van der Waals surface area contributed by atoms with Crippen LogP contribution in [0.3, 0.4) is 0 Å². The molecule has 0 radical (unpaired) electrons.